The van der Waals surface area contributed by atoms with E-state index in [-0.39, 0.29) is 38.0 Å². The van der Waals surface area contributed by atoms with E-state index < -0.39 is 23.5 Å². The van der Waals surface area contributed by atoms with Crippen LogP contribution in [0, 0.1) is 11.8 Å². The number of benzene rings is 2. The van der Waals surface area contributed by atoms with Crippen molar-refractivity contribution in [1.29, 1.82) is 0 Å². The van der Waals surface area contributed by atoms with Crippen LogP contribution in [0.4, 0.5) is 4.79 Å². The fourth-order valence-corrected chi connectivity index (χ4v) is 4.92. The van der Waals surface area contributed by atoms with Gasteiger partial charge in [-0.2, -0.15) is 0 Å². The third kappa shape index (κ3) is 5.65. The lowest BCUT2D eigenvalue weighted by Gasteiger charge is -2.29. The van der Waals surface area contributed by atoms with E-state index in [2.05, 4.69) is 22.8 Å². The van der Waals surface area contributed by atoms with Crippen molar-refractivity contribution in [2.75, 3.05) is 26.9 Å². The molecule has 2 aromatic carbocycles. The second kappa shape index (κ2) is 10.5. The largest absolute Gasteiger partial charge is 0.481 e. The van der Waals surface area contributed by atoms with E-state index >= 15 is 0 Å². The van der Waals surface area contributed by atoms with Crippen LogP contribution in [0.1, 0.15) is 43.2 Å². The summed E-state index contributed by atoms with van der Waals surface area (Å²) in [6.07, 6.45) is 1.24. The van der Waals surface area contributed by atoms with Gasteiger partial charge in [0.2, 0.25) is 5.91 Å². The van der Waals surface area contributed by atoms with Crippen molar-refractivity contribution in [3.63, 3.8) is 0 Å². The Bertz CT molecular complexity index is 1050. The molecule has 35 heavy (non-hydrogen) atoms. The number of carbonyl (C=O) groups is 3. The maximum Gasteiger partial charge on any atom is 0.408 e. The highest BCUT2D eigenvalue weighted by molar-refractivity contribution is 5.90. The third-order valence-corrected chi connectivity index (χ3v) is 6.91. The average molecular weight is 481 g/mol. The number of carbonyl (C=O) groups excluding carboxylic acids is 2. The molecule has 2 aromatic rings. The molecular weight excluding hydrogens is 448 g/mol. The number of hydrogen-bond donors (Lipinski definition) is 3. The Morgan fingerprint density at radius 3 is 2.20 bits per heavy atom. The standard InChI is InChI=1S/C27H32N2O6/c1-27(16-34-2,25(32)28-14-18(13-24(30)31)17-11-12-17)29-26(33)35-15-23-21-9-5-3-7-19(21)20-8-4-6-10-22(20)23/h3-10,17-18,23H,11-16H2,1-2H3,(H,28,32)(H,29,33)(H,30,31). The quantitative estimate of drug-likeness (QED) is 0.453. The number of carboxylic acid groups (broad SMARTS) is 1. The highest BCUT2D eigenvalue weighted by Gasteiger charge is 2.38. The molecule has 186 valence electrons. The van der Waals surface area contributed by atoms with Crippen molar-refractivity contribution < 1.29 is 29.0 Å². The van der Waals surface area contributed by atoms with Gasteiger partial charge in [-0.25, -0.2) is 4.79 Å². The Hall–Kier alpha value is -3.39. The molecule has 3 N–H and O–H groups in total. The van der Waals surface area contributed by atoms with Crippen molar-refractivity contribution in [3.8, 4) is 11.1 Å². The molecule has 1 fully saturated rings. The van der Waals surface area contributed by atoms with Crippen LogP contribution >= 0.6 is 0 Å². The molecule has 0 spiro atoms. The first-order valence-corrected chi connectivity index (χ1v) is 11.9. The van der Waals surface area contributed by atoms with Gasteiger partial charge >= 0.3 is 12.1 Å². The van der Waals surface area contributed by atoms with Crippen LogP contribution in [0.3, 0.4) is 0 Å². The van der Waals surface area contributed by atoms with E-state index in [9.17, 15) is 14.4 Å². The summed E-state index contributed by atoms with van der Waals surface area (Å²) in [5, 5.41) is 14.6. The Morgan fingerprint density at radius 1 is 1.06 bits per heavy atom. The van der Waals surface area contributed by atoms with Gasteiger partial charge in [-0.05, 0) is 53.9 Å². The number of rotatable bonds is 11. The normalized spacial score (nSPS) is 17.0. The molecule has 0 saturated heterocycles. The number of alkyl carbamates (subject to hydrolysis) is 1. The Kier molecular flexibility index (Phi) is 7.40. The molecular formula is C27H32N2O6. The van der Waals surface area contributed by atoms with Crippen LogP contribution in [0.2, 0.25) is 0 Å². The summed E-state index contributed by atoms with van der Waals surface area (Å²) in [6.45, 7) is 1.88. The molecule has 0 bridgehead atoms. The van der Waals surface area contributed by atoms with E-state index in [1.807, 2.05) is 36.4 Å². The van der Waals surface area contributed by atoms with E-state index in [4.69, 9.17) is 14.6 Å². The number of ether oxygens (including phenoxy) is 2. The van der Waals surface area contributed by atoms with Crippen LogP contribution in [0.15, 0.2) is 48.5 Å². The number of carboxylic acids is 1. The zero-order valence-corrected chi connectivity index (χ0v) is 20.1. The number of fused-ring (bicyclic) bond motifs is 3. The number of methoxy groups -OCH3 is 1. The zero-order valence-electron chi connectivity index (χ0n) is 20.1. The van der Waals surface area contributed by atoms with E-state index in [1.165, 1.54) is 7.11 Å². The minimum absolute atomic E-state index is 0.00570. The van der Waals surface area contributed by atoms with Gasteiger partial charge in [0.05, 0.1) is 13.0 Å². The third-order valence-electron chi connectivity index (χ3n) is 6.91. The molecule has 4 rings (SSSR count). The molecule has 0 heterocycles. The molecule has 8 nitrogen and oxygen atoms in total. The van der Waals surface area contributed by atoms with Crippen molar-refractivity contribution in [2.45, 2.75) is 37.6 Å². The van der Waals surface area contributed by atoms with Crippen molar-refractivity contribution in [1.82, 2.24) is 10.6 Å². The average Bonchev–Trinajstić information content (AvgIpc) is 3.63. The minimum Gasteiger partial charge on any atom is -0.481 e. The molecule has 2 aliphatic carbocycles. The first-order chi connectivity index (χ1) is 16.8. The number of aliphatic carboxylic acids is 1. The van der Waals surface area contributed by atoms with Crippen molar-refractivity contribution >= 4 is 18.0 Å². The van der Waals surface area contributed by atoms with Gasteiger partial charge in [-0.15, -0.1) is 0 Å². The summed E-state index contributed by atoms with van der Waals surface area (Å²) >= 11 is 0. The first-order valence-electron chi connectivity index (χ1n) is 11.9. The van der Waals surface area contributed by atoms with Crippen LogP contribution in [0.5, 0.6) is 0 Å². The monoisotopic (exact) mass is 480 g/mol. The Morgan fingerprint density at radius 2 is 1.66 bits per heavy atom. The summed E-state index contributed by atoms with van der Waals surface area (Å²) in [5.41, 5.74) is 3.10. The van der Waals surface area contributed by atoms with Gasteiger partial charge < -0.3 is 25.2 Å². The maximum absolute atomic E-state index is 13.0. The summed E-state index contributed by atoms with van der Waals surface area (Å²) in [7, 11) is 1.45. The molecule has 2 aliphatic rings. The predicted molar refractivity (Wildman–Crippen MR) is 130 cm³/mol. The zero-order chi connectivity index (χ0) is 25.0. The molecule has 2 unspecified atom stereocenters. The lowest BCUT2D eigenvalue weighted by molar-refractivity contribution is -0.138. The van der Waals surface area contributed by atoms with Crippen LogP contribution in [0.25, 0.3) is 11.1 Å². The number of amides is 2. The van der Waals surface area contributed by atoms with Crippen LogP contribution < -0.4 is 10.6 Å². The first kappa shape index (κ1) is 24.7. The number of hydrogen-bond acceptors (Lipinski definition) is 5. The smallest absolute Gasteiger partial charge is 0.408 e. The molecule has 0 radical (unpaired) electrons. The second-order valence-electron chi connectivity index (χ2n) is 9.62. The fraction of sp³-hybridized carbons (Fsp3) is 0.444. The van der Waals surface area contributed by atoms with E-state index in [0.717, 1.165) is 35.1 Å². The summed E-state index contributed by atoms with van der Waals surface area (Å²) in [6, 6.07) is 16.1. The van der Waals surface area contributed by atoms with Crippen LogP contribution in [-0.2, 0) is 19.1 Å². The van der Waals surface area contributed by atoms with Gasteiger partial charge in [0.1, 0.15) is 12.1 Å². The van der Waals surface area contributed by atoms with Gasteiger partial charge in [0.15, 0.2) is 0 Å². The highest BCUT2D eigenvalue weighted by Crippen LogP contribution is 2.44. The summed E-state index contributed by atoms with van der Waals surface area (Å²) in [5.74, 6) is -1.23. The summed E-state index contributed by atoms with van der Waals surface area (Å²) in [4.78, 5) is 36.9. The molecule has 0 aromatic heterocycles. The number of nitrogens with one attached hydrogen (secondary N) is 2. The predicted octanol–water partition coefficient (Wildman–Crippen LogP) is 3.55. The fourth-order valence-electron chi connectivity index (χ4n) is 4.92. The maximum atomic E-state index is 13.0. The minimum atomic E-state index is -1.37. The Labute approximate surface area is 205 Å². The molecule has 0 aliphatic heterocycles. The second-order valence-corrected chi connectivity index (χ2v) is 9.62. The Balaban J connectivity index is 1.38. The lowest BCUT2D eigenvalue weighted by atomic mass is 9.98. The van der Waals surface area contributed by atoms with Gasteiger partial charge in [-0.1, -0.05) is 48.5 Å². The SMILES string of the molecule is COCC(C)(NC(=O)OCC1c2ccccc2-c2ccccc21)C(=O)NCC(CC(=O)O)C1CC1. The lowest BCUT2D eigenvalue weighted by Crippen LogP contribution is -2.60. The van der Waals surface area contributed by atoms with Gasteiger partial charge in [-0.3, -0.25) is 9.59 Å². The van der Waals surface area contributed by atoms with E-state index in [0.29, 0.717) is 5.92 Å². The topological polar surface area (TPSA) is 114 Å². The summed E-state index contributed by atoms with van der Waals surface area (Å²) < 4.78 is 10.8. The molecule has 2 amide bonds. The molecule has 1 saturated carbocycles. The van der Waals surface area contributed by atoms with Gasteiger partial charge in [0, 0.05) is 19.6 Å². The van der Waals surface area contributed by atoms with Crippen LogP contribution in [-0.4, -0.2) is 55.5 Å². The van der Waals surface area contributed by atoms with Crippen molar-refractivity contribution in [3.05, 3.63) is 59.7 Å². The molecule has 8 heteroatoms. The van der Waals surface area contributed by atoms with Crippen molar-refractivity contribution in [2.24, 2.45) is 11.8 Å². The molecule has 2 atom stereocenters. The van der Waals surface area contributed by atoms with Gasteiger partial charge in [0.25, 0.3) is 0 Å². The van der Waals surface area contributed by atoms with E-state index in [1.54, 1.807) is 6.92 Å². The highest BCUT2D eigenvalue weighted by atomic mass is 16.5.